The molecule has 0 radical (unpaired) electrons. The van der Waals surface area contributed by atoms with Crippen LogP contribution in [0.2, 0.25) is 0 Å². The third-order valence-corrected chi connectivity index (χ3v) is 3.89. The van der Waals surface area contributed by atoms with E-state index in [0.29, 0.717) is 17.7 Å². The lowest BCUT2D eigenvalue weighted by Crippen LogP contribution is -2.46. The quantitative estimate of drug-likeness (QED) is 0.847. The van der Waals surface area contributed by atoms with Gasteiger partial charge >= 0.3 is 0 Å². The molecule has 1 aromatic heterocycles. The van der Waals surface area contributed by atoms with E-state index in [0.717, 1.165) is 31.8 Å². The zero-order valence-electron chi connectivity index (χ0n) is 10.5. The number of halogens is 1. The Hall–Kier alpha value is -1.00. The van der Waals surface area contributed by atoms with Crippen molar-refractivity contribution in [2.24, 2.45) is 5.92 Å². The Morgan fingerprint density at radius 2 is 2.28 bits per heavy atom. The molecule has 1 N–H and O–H groups in total. The number of likely N-dealkylation sites (tertiary alicyclic amines) is 1. The molecule has 4 nitrogen and oxygen atoms in total. The number of fused-ring (bicyclic) bond motifs is 1. The first-order valence-corrected chi connectivity index (χ1v) is 6.33. The molecule has 0 bridgehead atoms. The van der Waals surface area contributed by atoms with Gasteiger partial charge in [0.2, 0.25) is 0 Å². The minimum atomic E-state index is 0. The van der Waals surface area contributed by atoms with Gasteiger partial charge in [0.05, 0.1) is 0 Å². The molecule has 1 amide bonds. The van der Waals surface area contributed by atoms with Crippen LogP contribution in [0.5, 0.6) is 0 Å². The number of nitrogens with one attached hydrogen (secondary N) is 1. The van der Waals surface area contributed by atoms with Gasteiger partial charge in [-0.25, -0.2) is 0 Å². The van der Waals surface area contributed by atoms with E-state index in [9.17, 15) is 4.79 Å². The number of amides is 1. The van der Waals surface area contributed by atoms with Crippen molar-refractivity contribution >= 4 is 18.3 Å². The van der Waals surface area contributed by atoms with Crippen molar-refractivity contribution in [3.05, 3.63) is 23.7 Å². The zero-order valence-corrected chi connectivity index (χ0v) is 11.3. The third-order valence-electron chi connectivity index (χ3n) is 3.89. The molecular formula is C13H19ClN2O2. The highest BCUT2D eigenvalue weighted by Crippen LogP contribution is 2.25. The summed E-state index contributed by atoms with van der Waals surface area (Å²) in [7, 11) is 0. The van der Waals surface area contributed by atoms with E-state index in [1.807, 2.05) is 17.9 Å². The fourth-order valence-electron chi connectivity index (χ4n) is 2.94. The average molecular weight is 271 g/mol. The largest absolute Gasteiger partial charge is 0.456 e. The molecule has 5 heteroatoms. The van der Waals surface area contributed by atoms with Crippen LogP contribution >= 0.6 is 12.4 Å². The van der Waals surface area contributed by atoms with Gasteiger partial charge in [0.25, 0.3) is 5.91 Å². The molecule has 2 fully saturated rings. The second-order valence-corrected chi connectivity index (χ2v) is 5.06. The summed E-state index contributed by atoms with van der Waals surface area (Å²) in [6, 6.07) is 4.24. The SMILES string of the molecule is Cc1ccc(C(=O)N2CCC3NCCC3C2)o1.Cl. The summed E-state index contributed by atoms with van der Waals surface area (Å²) in [6.45, 7) is 4.67. The first kappa shape index (κ1) is 13.4. The molecule has 2 aliphatic rings. The van der Waals surface area contributed by atoms with Crippen LogP contribution in [0.1, 0.15) is 29.2 Å². The van der Waals surface area contributed by atoms with E-state index in [1.54, 1.807) is 6.07 Å². The summed E-state index contributed by atoms with van der Waals surface area (Å²) in [5, 5.41) is 3.50. The molecule has 0 aliphatic carbocycles. The molecule has 0 saturated carbocycles. The van der Waals surface area contributed by atoms with Crippen LogP contribution in [0.4, 0.5) is 0 Å². The molecule has 1 aromatic rings. The molecular weight excluding hydrogens is 252 g/mol. The number of aryl methyl sites for hydroxylation is 1. The molecule has 2 aliphatic heterocycles. The van der Waals surface area contributed by atoms with Crippen LogP contribution in [0.15, 0.2) is 16.5 Å². The van der Waals surface area contributed by atoms with Gasteiger partial charge in [0.1, 0.15) is 5.76 Å². The summed E-state index contributed by atoms with van der Waals surface area (Å²) in [4.78, 5) is 14.2. The van der Waals surface area contributed by atoms with Gasteiger partial charge in [-0.15, -0.1) is 12.4 Å². The van der Waals surface area contributed by atoms with Crippen molar-refractivity contribution < 1.29 is 9.21 Å². The second kappa shape index (κ2) is 5.33. The molecule has 2 atom stereocenters. The summed E-state index contributed by atoms with van der Waals surface area (Å²) >= 11 is 0. The van der Waals surface area contributed by atoms with Crippen molar-refractivity contribution in [1.29, 1.82) is 0 Å². The molecule has 0 spiro atoms. The third kappa shape index (κ3) is 2.40. The number of nitrogens with zero attached hydrogens (tertiary/aromatic N) is 1. The Labute approximate surface area is 113 Å². The molecule has 18 heavy (non-hydrogen) atoms. The topological polar surface area (TPSA) is 45.5 Å². The highest BCUT2D eigenvalue weighted by molar-refractivity contribution is 5.91. The van der Waals surface area contributed by atoms with Crippen LogP contribution in [-0.4, -0.2) is 36.5 Å². The van der Waals surface area contributed by atoms with Gasteiger partial charge in [-0.05, 0) is 44.4 Å². The number of furan rings is 1. The van der Waals surface area contributed by atoms with Gasteiger partial charge in [-0.3, -0.25) is 4.79 Å². The number of rotatable bonds is 1. The number of piperidine rings is 1. The lowest BCUT2D eigenvalue weighted by molar-refractivity contribution is 0.0629. The van der Waals surface area contributed by atoms with Crippen molar-refractivity contribution in [1.82, 2.24) is 10.2 Å². The summed E-state index contributed by atoms with van der Waals surface area (Å²) in [5.41, 5.74) is 0. The predicted molar refractivity (Wildman–Crippen MR) is 71.1 cm³/mol. The monoisotopic (exact) mass is 270 g/mol. The van der Waals surface area contributed by atoms with Crippen molar-refractivity contribution in [3.63, 3.8) is 0 Å². The zero-order chi connectivity index (χ0) is 11.8. The number of carbonyl (C=O) groups excluding carboxylic acids is 1. The number of hydrogen-bond donors (Lipinski definition) is 1. The highest BCUT2D eigenvalue weighted by Gasteiger charge is 2.35. The fourth-order valence-corrected chi connectivity index (χ4v) is 2.94. The van der Waals surface area contributed by atoms with Gasteiger partial charge in [0.15, 0.2) is 5.76 Å². The van der Waals surface area contributed by atoms with E-state index >= 15 is 0 Å². The summed E-state index contributed by atoms with van der Waals surface area (Å²) in [5.74, 6) is 1.95. The van der Waals surface area contributed by atoms with Crippen molar-refractivity contribution in [2.75, 3.05) is 19.6 Å². The van der Waals surface area contributed by atoms with E-state index in [4.69, 9.17) is 4.42 Å². The minimum absolute atomic E-state index is 0. The Bertz CT molecular complexity index is 432. The van der Waals surface area contributed by atoms with Crippen LogP contribution in [0.25, 0.3) is 0 Å². The summed E-state index contributed by atoms with van der Waals surface area (Å²) in [6.07, 6.45) is 2.25. The van der Waals surface area contributed by atoms with Crippen LogP contribution < -0.4 is 5.32 Å². The lowest BCUT2D eigenvalue weighted by Gasteiger charge is -2.34. The van der Waals surface area contributed by atoms with Crippen LogP contribution in [-0.2, 0) is 0 Å². The van der Waals surface area contributed by atoms with Gasteiger partial charge in [-0.1, -0.05) is 0 Å². The van der Waals surface area contributed by atoms with E-state index < -0.39 is 0 Å². The Balaban J connectivity index is 0.00000120. The maximum Gasteiger partial charge on any atom is 0.289 e. The molecule has 2 saturated heterocycles. The van der Waals surface area contributed by atoms with E-state index in [2.05, 4.69) is 5.32 Å². The lowest BCUT2D eigenvalue weighted by atomic mass is 9.93. The minimum Gasteiger partial charge on any atom is -0.456 e. The van der Waals surface area contributed by atoms with Crippen LogP contribution in [0, 0.1) is 12.8 Å². The molecule has 3 heterocycles. The van der Waals surface area contributed by atoms with E-state index in [-0.39, 0.29) is 18.3 Å². The van der Waals surface area contributed by atoms with Gasteiger partial charge < -0.3 is 14.6 Å². The molecule has 2 unspecified atom stereocenters. The predicted octanol–water partition coefficient (Wildman–Crippen LogP) is 1.83. The Morgan fingerprint density at radius 3 is 3.00 bits per heavy atom. The Kier molecular flexibility index (Phi) is 3.97. The first-order chi connectivity index (χ1) is 8.24. The maximum atomic E-state index is 12.2. The number of carbonyl (C=O) groups is 1. The van der Waals surface area contributed by atoms with Gasteiger partial charge in [-0.2, -0.15) is 0 Å². The fraction of sp³-hybridized carbons (Fsp3) is 0.615. The normalized spacial score (nSPS) is 26.6. The summed E-state index contributed by atoms with van der Waals surface area (Å²) < 4.78 is 5.40. The second-order valence-electron chi connectivity index (χ2n) is 5.06. The van der Waals surface area contributed by atoms with Crippen LogP contribution in [0.3, 0.4) is 0 Å². The molecule has 3 rings (SSSR count). The molecule has 100 valence electrons. The smallest absolute Gasteiger partial charge is 0.289 e. The van der Waals surface area contributed by atoms with Crippen molar-refractivity contribution in [3.8, 4) is 0 Å². The highest BCUT2D eigenvalue weighted by atomic mass is 35.5. The van der Waals surface area contributed by atoms with Crippen molar-refractivity contribution in [2.45, 2.75) is 25.8 Å². The average Bonchev–Trinajstić information content (AvgIpc) is 2.95. The molecule has 0 aromatic carbocycles. The first-order valence-electron chi connectivity index (χ1n) is 6.33. The Morgan fingerprint density at radius 1 is 1.44 bits per heavy atom. The maximum absolute atomic E-state index is 12.2. The van der Waals surface area contributed by atoms with Gasteiger partial charge in [0, 0.05) is 19.1 Å². The van der Waals surface area contributed by atoms with E-state index in [1.165, 1.54) is 6.42 Å². The standard InChI is InChI=1S/C13H18N2O2.ClH/c1-9-2-3-12(17-9)13(16)15-7-5-11-10(8-15)4-6-14-11;/h2-3,10-11,14H,4-8H2,1H3;1H. The number of hydrogen-bond acceptors (Lipinski definition) is 3.